The van der Waals surface area contributed by atoms with E-state index >= 15 is 0 Å². The van der Waals surface area contributed by atoms with Crippen LogP contribution in [0.5, 0.6) is 0 Å². The minimum Gasteiger partial charge on any atom is -0.365 e. The number of nitrogens with zero attached hydrogens (tertiary/aromatic N) is 1. The highest BCUT2D eigenvalue weighted by Crippen LogP contribution is 2.27. The zero-order valence-electron chi connectivity index (χ0n) is 12.3. The van der Waals surface area contributed by atoms with Crippen molar-refractivity contribution in [2.45, 2.75) is 46.7 Å². The first-order valence-electron chi connectivity index (χ1n) is 7.06. The molecule has 0 saturated carbocycles. The van der Waals surface area contributed by atoms with Gasteiger partial charge < -0.3 is 10.2 Å². The molecule has 0 bridgehead atoms. The quantitative estimate of drug-likeness (QED) is 0.862. The fourth-order valence-electron chi connectivity index (χ4n) is 2.93. The molecule has 18 heavy (non-hydrogen) atoms. The van der Waals surface area contributed by atoms with Crippen LogP contribution < -0.4 is 10.2 Å². The first-order valence-corrected chi connectivity index (χ1v) is 7.06. The Balaban J connectivity index is 2.32. The Morgan fingerprint density at radius 2 is 2.00 bits per heavy atom. The van der Waals surface area contributed by atoms with Crippen LogP contribution in [0.4, 0.5) is 5.69 Å². The first kappa shape index (κ1) is 13.4. The van der Waals surface area contributed by atoms with E-state index in [1.807, 2.05) is 0 Å². The SMILES string of the molecule is Cc1ccc(N2CC(C)NCC2C(C)C)c(C)c1. The molecule has 0 amide bonds. The Bertz CT molecular complexity index is 412. The molecule has 1 aromatic rings. The maximum Gasteiger partial charge on any atom is 0.0438 e. The number of anilines is 1. The summed E-state index contributed by atoms with van der Waals surface area (Å²) in [6, 6.07) is 7.98. The second-order valence-corrected chi connectivity index (χ2v) is 6.06. The van der Waals surface area contributed by atoms with E-state index in [0.29, 0.717) is 18.0 Å². The number of rotatable bonds is 2. The van der Waals surface area contributed by atoms with Crippen LogP contribution in [0, 0.1) is 19.8 Å². The second kappa shape index (κ2) is 5.31. The highest BCUT2D eigenvalue weighted by molar-refractivity contribution is 5.56. The van der Waals surface area contributed by atoms with Gasteiger partial charge >= 0.3 is 0 Å². The number of benzene rings is 1. The lowest BCUT2D eigenvalue weighted by molar-refractivity contribution is 0.349. The predicted octanol–water partition coefficient (Wildman–Crippen LogP) is 3.13. The lowest BCUT2D eigenvalue weighted by atomic mass is 9.96. The average Bonchev–Trinajstić information content (AvgIpc) is 2.28. The Hall–Kier alpha value is -1.02. The Labute approximate surface area is 111 Å². The number of nitrogens with one attached hydrogen (secondary N) is 1. The zero-order chi connectivity index (χ0) is 13.3. The molecule has 0 spiro atoms. The molecule has 2 heteroatoms. The summed E-state index contributed by atoms with van der Waals surface area (Å²) in [5.41, 5.74) is 4.16. The standard InChI is InChI=1S/C16H26N2/c1-11(2)16-9-17-14(5)10-18(16)15-7-6-12(3)8-13(15)4/h6-8,11,14,16-17H,9-10H2,1-5H3. The van der Waals surface area contributed by atoms with Crippen LogP contribution in [0.2, 0.25) is 0 Å². The van der Waals surface area contributed by atoms with Gasteiger partial charge in [0.2, 0.25) is 0 Å². The molecule has 1 aliphatic rings. The summed E-state index contributed by atoms with van der Waals surface area (Å²) in [5, 5.41) is 3.60. The highest BCUT2D eigenvalue weighted by Gasteiger charge is 2.28. The van der Waals surface area contributed by atoms with Gasteiger partial charge in [-0.2, -0.15) is 0 Å². The van der Waals surface area contributed by atoms with E-state index in [2.05, 4.69) is 63.0 Å². The van der Waals surface area contributed by atoms with Gasteiger partial charge in [0.15, 0.2) is 0 Å². The molecule has 1 aliphatic heterocycles. The second-order valence-electron chi connectivity index (χ2n) is 6.06. The van der Waals surface area contributed by atoms with Crippen LogP contribution in [0.25, 0.3) is 0 Å². The van der Waals surface area contributed by atoms with Crippen molar-refractivity contribution in [3.05, 3.63) is 29.3 Å². The van der Waals surface area contributed by atoms with Crippen LogP contribution in [0.3, 0.4) is 0 Å². The molecule has 1 fully saturated rings. The van der Waals surface area contributed by atoms with Gasteiger partial charge in [0, 0.05) is 30.9 Å². The van der Waals surface area contributed by atoms with Gasteiger partial charge in [-0.15, -0.1) is 0 Å². The largest absolute Gasteiger partial charge is 0.365 e. The van der Waals surface area contributed by atoms with E-state index in [4.69, 9.17) is 0 Å². The van der Waals surface area contributed by atoms with E-state index in [9.17, 15) is 0 Å². The molecule has 1 N–H and O–H groups in total. The van der Waals surface area contributed by atoms with Crippen molar-refractivity contribution in [1.82, 2.24) is 5.32 Å². The third-order valence-electron chi connectivity index (χ3n) is 3.98. The molecule has 2 nitrogen and oxygen atoms in total. The van der Waals surface area contributed by atoms with Gasteiger partial charge in [0.1, 0.15) is 0 Å². The number of hydrogen-bond acceptors (Lipinski definition) is 2. The highest BCUT2D eigenvalue weighted by atomic mass is 15.2. The van der Waals surface area contributed by atoms with E-state index < -0.39 is 0 Å². The Kier molecular flexibility index (Phi) is 3.96. The van der Waals surface area contributed by atoms with E-state index in [0.717, 1.165) is 13.1 Å². The molecule has 0 radical (unpaired) electrons. The monoisotopic (exact) mass is 246 g/mol. The summed E-state index contributed by atoms with van der Waals surface area (Å²) in [6.07, 6.45) is 0. The predicted molar refractivity (Wildman–Crippen MR) is 79.4 cm³/mol. The fourth-order valence-corrected chi connectivity index (χ4v) is 2.93. The van der Waals surface area contributed by atoms with Gasteiger partial charge in [-0.1, -0.05) is 31.5 Å². The molecule has 2 atom stereocenters. The Morgan fingerprint density at radius 1 is 1.28 bits per heavy atom. The zero-order valence-corrected chi connectivity index (χ0v) is 12.3. The molecular weight excluding hydrogens is 220 g/mol. The summed E-state index contributed by atoms with van der Waals surface area (Å²) in [7, 11) is 0. The van der Waals surface area contributed by atoms with Gasteiger partial charge in [-0.25, -0.2) is 0 Å². The van der Waals surface area contributed by atoms with Crippen molar-refractivity contribution in [3.8, 4) is 0 Å². The van der Waals surface area contributed by atoms with Gasteiger partial charge in [-0.05, 0) is 38.3 Å². The molecule has 2 unspecified atom stereocenters. The normalized spacial score (nSPS) is 24.7. The van der Waals surface area contributed by atoms with E-state index in [1.165, 1.54) is 16.8 Å². The molecule has 100 valence electrons. The molecule has 1 heterocycles. The van der Waals surface area contributed by atoms with Crippen LogP contribution in [-0.2, 0) is 0 Å². The summed E-state index contributed by atoms with van der Waals surface area (Å²) < 4.78 is 0. The molecule has 1 saturated heterocycles. The maximum absolute atomic E-state index is 3.60. The summed E-state index contributed by atoms with van der Waals surface area (Å²) in [4.78, 5) is 2.60. The lowest BCUT2D eigenvalue weighted by Crippen LogP contribution is -2.57. The van der Waals surface area contributed by atoms with Crippen molar-refractivity contribution < 1.29 is 0 Å². The van der Waals surface area contributed by atoms with Crippen LogP contribution in [0.1, 0.15) is 31.9 Å². The average molecular weight is 246 g/mol. The minimum absolute atomic E-state index is 0.570. The van der Waals surface area contributed by atoms with E-state index in [-0.39, 0.29) is 0 Å². The molecule has 0 aromatic heterocycles. The van der Waals surface area contributed by atoms with Gasteiger partial charge in [-0.3, -0.25) is 0 Å². The smallest absolute Gasteiger partial charge is 0.0438 e. The van der Waals surface area contributed by atoms with Gasteiger partial charge in [0.25, 0.3) is 0 Å². The van der Waals surface area contributed by atoms with Crippen molar-refractivity contribution in [2.24, 2.45) is 5.92 Å². The van der Waals surface area contributed by atoms with Crippen molar-refractivity contribution in [2.75, 3.05) is 18.0 Å². The van der Waals surface area contributed by atoms with Crippen molar-refractivity contribution in [1.29, 1.82) is 0 Å². The van der Waals surface area contributed by atoms with Crippen LogP contribution in [-0.4, -0.2) is 25.2 Å². The van der Waals surface area contributed by atoms with E-state index in [1.54, 1.807) is 0 Å². The van der Waals surface area contributed by atoms with Crippen molar-refractivity contribution >= 4 is 5.69 Å². The van der Waals surface area contributed by atoms with Gasteiger partial charge in [0.05, 0.1) is 0 Å². The molecular formula is C16H26N2. The summed E-state index contributed by atoms with van der Waals surface area (Å²) in [6.45, 7) is 13.5. The maximum atomic E-state index is 3.60. The number of aryl methyl sites for hydroxylation is 2. The lowest BCUT2D eigenvalue weighted by Gasteiger charge is -2.43. The van der Waals surface area contributed by atoms with Crippen LogP contribution >= 0.6 is 0 Å². The molecule has 0 aliphatic carbocycles. The fraction of sp³-hybridized carbons (Fsp3) is 0.625. The number of piperazine rings is 1. The van der Waals surface area contributed by atoms with Crippen molar-refractivity contribution in [3.63, 3.8) is 0 Å². The third-order valence-corrected chi connectivity index (χ3v) is 3.98. The minimum atomic E-state index is 0.570. The van der Waals surface area contributed by atoms with Crippen LogP contribution in [0.15, 0.2) is 18.2 Å². The molecule has 2 rings (SSSR count). The summed E-state index contributed by atoms with van der Waals surface area (Å²) >= 11 is 0. The topological polar surface area (TPSA) is 15.3 Å². The Morgan fingerprint density at radius 3 is 2.61 bits per heavy atom. The summed E-state index contributed by atoms with van der Waals surface area (Å²) in [5.74, 6) is 0.672. The molecule has 1 aromatic carbocycles. The number of hydrogen-bond donors (Lipinski definition) is 1. The first-order chi connectivity index (χ1) is 8.49. The third kappa shape index (κ3) is 2.69.